The molecular weight excluding hydrogens is 239 g/mol. The van der Waals surface area contributed by atoms with E-state index in [1.54, 1.807) is 0 Å². The average molecular weight is 242 g/mol. The molecule has 0 bridgehead atoms. The summed E-state index contributed by atoms with van der Waals surface area (Å²) in [5.41, 5.74) is -1.68. The normalized spacial score (nSPS) is 10.8. The summed E-state index contributed by atoms with van der Waals surface area (Å²) < 4.78 is 36.2. The molecular formula is C6H3BrF3NO. The fraction of sp³-hybridized carbons (Fsp3) is 0.167. The van der Waals surface area contributed by atoms with Crippen molar-refractivity contribution in [3.05, 3.63) is 32.4 Å². The molecule has 0 fully saturated rings. The van der Waals surface area contributed by atoms with Crippen LogP contribution in [0.2, 0.25) is 0 Å². The Hall–Kier alpha value is -0.780. The van der Waals surface area contributed by atoms with E-state index < -0.39 is 27.8 Å². The number of rotatable bonds is 1. The molecule has 0 atom stereocenters. The molecule has 0 radical (unpaired) electrons. The monoisotopic (exact) mass is 241 g/mol. The minimum atomic E-state index is -3.00. The second-order valence-corrected chi connectivity index (χ2v) is 2.79. The van der Waals surface area contributed by atoms with Crippen LogP contribution in [0, 0.1) is 5.82 Å². The Kier molecular flexibility index (Phi) is 2.56. The van der Waals surface area contributed by atoms with Crippen molar-refractivity contribution >= 4 is 15.9 Å². The molecule has 0 amide bonds. The molecule has 1 rings (SSSR count). The molecule has 0 aliphatic heterocycles. The Morgan fingerprint density at radius 3 is 2.50 bits per heavy atom. The molecule has 0 spiro atoms. The van der Waals surface area contributed by atoms with Crippen LogP contribution < -0.4 is 5.56 Å². The fourth-order valence-electron chi connectivity index (χ4n) is 0.697. The Balaban J connectivity index is 3.43. The first kappa shape index (κ1) is 9.31. The number of aromatic nitrogens is 1. The molecule has 1 aromatic rings. The van der Waals surface area contributed by atoms with E-state index in [4.69, 9.17) is 0 Å². The number of nitrogens with one attached hydrogen (secondary N) is 1. The van der Waals surface area contributed by atoms with Crippen molar-refractivity contribution in [3.63, 3.8) is 0 Å². The van der Waals surface area contributed by atoms with Crippen LogP contribution in [0.1, 0.15) is 12.0 Å². The van der Waals surface area contributed by atoms with E-state index in [1.165, 1.54) is 0 Å². The van der Waals surface area contributed by atoms with Gasteiger partial charge in [-0.25, -0.2) is 13.2 Å². The Bertz CT molecular complexity index is 349. The average Bonchev–Trinajstić information content (AvgIpc) is 1.97. The van der Waals surface area contributed by atoms with Crippen molar-refractivity contribution in [1.29, 1.82) is 0 Å². The summed E-state index contributed by atoms with van der Waals surface area (Å²) in [5.74, 6) is -1.13. The van der Waals surface area contributed by atoms with Gasteiger partial charge in [-0.05, 0) is 15.9 Å². The van der Waals surface area contributed by atoms with Gasteiger partial charge in [-0.2, -0.15) is 0 Å². The van der Waals surface area contributed by atoms with Crippen molar-refractivity contribution in [1.82, 2.24) is 4.98 Å². The van der Waals surface area contributed by atoms with Crippen molar-refractivity contribution < 1.29 is 13.2 Å². The maximum absolute atomic E-state index is 12.6. The van der Waals surface area contributed by atoms with Crippen LogP contribution in [0.5, 0.6) is 0 Å². The highest BCUT2D eigenvalue weighted by Crippen LogP contribution is 2.26. The van der Waals surface area contributed by atoms with Crippen molar-refractivity contribution in [2.45, 2.75) is 6.43 Å². The third-order valence-electron chi connectivity index (χ3n) is 1.24. The molecule has 0 aliphatic carbocycles. The molecule has 6 heteroatoms. The van der Waals surface area contributed by atoms with E-state index in [-0.39, 0.29) is 0 Å². The van der Waals surface area contributed by atoms with Crippen LogP contribution in [0.15, 0.2) is 15.5 Å². The highest BCUT2D eigenvalue weighted by molar-refractivity contribution is 9.10. The molecule has 1 N–H and O–H groups in total. The lowest BCUT2D eigenvalue weighted by Crippen LogP contribution is -2.11. The smallest absolute Gasteiger partial charge is 0.268 e. The highest BCUT2D eigenvalue weighted by Gasteiger charge is 2.19. The number of alkyl halides is 2. The van der Waals surface area contributed by atoms with Gasteiger partial charge in [-0.15, -0.1) is 0 Å². The van der Waals surface area contributed by atoms with Gasteiger partial charge in [0.2, 0.25) is 0 Å². The largest absolute Gasteiger partial charge is 0.325 e. The van der Waals surface area contributed by atoms with E-state index in [1.807, 2.05) is 4.98 Å². The van der Waals surface area contributed by atoms with E-state index in [0.717, 1.165) is 0 Å². The first-order valence-corrected chi connectivity index (χ1v) is 3.68. The molecule has 0 unspecified atom stereocenters. The number of aromatic amines is 1. The molecule has 1 aromatic heterocycles. The van der Waals surface area contributed by atoms with E-state index in [9.17, 15) is 18.0 Å². The molecule has 0 saturated carbocycles. The summed E-state index contributed by atoms with van der Waals surface area (Å²) in [5, 5.41) is 0. The van der Waals surface area contributed by atoms with Gasteiger partial charge >= 0.3 is 0 Å². The van der Waals surface area contributed by atoms with Crippen LogP contribution >= 0.6 is 15.9 Å². The molecule has 66 valence electrons. The van der Waals surface area contributed by atoms with Gasteiger partial charge in [0.15, 0.2) is 0 Å². The SMILES string of the molecule is O=c1[nH]cc(F)c(C(F)F)c1Br. The van der Waals surface area contributed by atoms with Gasteiger partial charge in [0.25, 0.3) is 12.0 Å². The third kappa shape index (κ3) is 1.52. The van der Waals surface area contributed by atoms with Crippen molar-refractivity contribution in [3.8, 4) is 0 Å². The minimum absolute atomic E-state index is 0.461. The molecule has 0 aromatic carbocycles. The number of pyridine rings is 1. The van der Waals surface area contributed by atoms with E-state index >= 15 is 0 Å². The molecule has 12 heavy (non-hydrogen) atoms. The first-order chi connectivity index (χ1) is 5.54. The van der Waals surface area contributed by atoms with Gasteiger partial charge in [-0.3, -0.25) is 4.79 Å². The molecule has 1 heterocycles. The Morgan fingerprint density at radius 2 is 2.08 bits per heavy atom. The molecule has 0 aliphatic rings. The number of hydrogen-bond acceptors (Lipinski definition) is 1. The predicted molar refractivity (Wildman–Crippen MR) is 39.7 cm³/mol. The van der Waals surface area contributed by atoms with Crippen LogP contribution in [0.3, 0.4) is 0 Å². The molecule has 0 saturated heterocycles. The van der Waals surface area contributed by atoms with Crippen LogP contribution in [0.25, 0.3) is 0 Å². The van der Waals surface area contributed by atoms with Crippen molar-refractivity contribution in [2.24, 2.45) is 0 Å². The zero-order valence-electron chi connectivity index (χ0n) is 5.57. The van der Waals surface area contributed by atoms with Crippen molar-refractivity contribution in [2.75, 3.05) is 0 Å². The maximum atomic E-state index is 12.6. The zero-order chi connectivity index (χ0) is 9.30. The number of hydrogen-bond donors (Lipinski definition) is 1. The lowest BCUT2D eigenvalue weighted by Gasteiger charge is -2.02. The van der Waals surface area contributed by atoms with Gasteiger partial charge in [-0.1, -0.05) is 0 Å². The van der Waals surface area contributed by atoms with E-state index in [2.05, 4.69) is 15.9 Å². The predicted octanol–water partition coefficient (Wildman–Crippen LogP) is 2.21. The summed E-state index contributed by atoms with van der Waals surface area (Å²) in [4.78, 5) is 12.6. The van der Waals surface area contributed by atoms with Gasteiger partial charge < -0.3 is 4.98 Å². The lowest BCUT2D eigenvalue weighted by molar-refractivity contribution is 0.145. The van der Waals surface area contributed by atoms with E-state index in [0.29, 0.717) is 6.20 Å². The summed E-state index contributed by atoms with van der Waals surface area (Å²) in [6.45, 7) is 0. The van der Waals surface area contributed by atoms with Crippen LogP contribution in [-0.4, -0.2) is 4.98 Å². The quantitative estimate of drug-likeness (QED) is 0.804. The Morgan fingerprint density at radius 1 is 1.50 bits per heavy atom. The fourth-order valence-corrected chi connectivity index (χ4v) is 1.17. The summed E-state index contributed by atoms with van der Waals surface area (Å²) >= 11 is 2.57. The van der Waals surface area contributed by atoms with Crippen LogP contribution in [0.4, 0.5) is 13.2 Å². The number of H-pyrrole nitrogens is 1. The zero-order valence-corrected chi connectivity index (χ0v) is 7.16. The Labute approximate surface area is 73.5 Å². The van der Waals surface area contributed by atoms with Gasteiger partial charge in [0.05, 0.1) is 10.0 Å². The highest BCUT2D eigenvalue weighted by atomic mass is 79.9. The summed E-state index contributed by atoms with van der Waals surface area (Å²) in [6.07, 6.45) is -2.39. The van der Waals surface area contributed by atoms with Crippen LogP contribution in [-0.2, 0) is 0 Å². The third-order valence-corrected chi connectivity index (χ3v) is 2.03. The summed E-state index contributed by atoms with van der Waals surface area (Å²) in [6, 6.07) is 0. The standard InChI is InChI=1S/C6H3BrF3NO/c7-4-3(5(9)10)2(8)1-11-6(4)12/h1,5H,(H,11,12). The minimum Gasteiger partial charge on any atom is -0.325 e. The summed E-state index contributed by atoms with van der Waals surface area (Å²) in [7, 11) is 0. The maximum Gasteiger partial charge on any atom is 0.268 e. The lowest BCUT2D eigenvalue weighted by atomic mass is 10.3. The second kappa shape index (κ2) is 3.30. The number of halogens is 4. The van der Waals surface area contributed by atoms with Gasteiger partial charge in [0.1, 0.15) is 5.82 Å². The first-order valence-electron chi connectivity index (χ1n) is 2.88. The van der Waals surface area contributed by atoms with Gasteiger partial charge in [0, 0.05) is 6.20 Å². The second-order valence-electron chi connectivity index (χ2n) is 1.99. The molecule has 2 nitrogen and oxygen atoms in total. The topological polar surface area (TPSA) is 32.9 Å².